The molecule has 118 valence electrons. The summed E-state index contributed by atoms with van der Waals surface area (Å²) in [5, 5.41) is 19.2. The zero-order valence-electron chi connectivity index (χ0n) is 12.2. The van der Waals surface area contributed by atoms with Gasteiger partial charge in [0.05, 0.1) is 12.6 Å². The molecule has 2 rings (SSSR count). The number of nitrogens with zero attached hydrogens (tertiary/aromatic N) is 2. The van der Waals surface area contributed by atoms with Gasteiger partial charge < -0.3 is 15.7 Å². The maximum absolute atomic E-state index is 13.5. The van der Waals surface area contributed by atoms with E-state index in [2.05, 4.69) is 15.7 Å². The second-order valence-corrected chi connectivity index (χ2v) is 5.02. The van der Waals surface area contributed by atoms with Crippen molar-refractivity contribution < 1.29 is 14.3 Å². The second-order valence-electron chi connectivity index (χ2n) is 5.02. The van der Waals surface area contributed by atoms with Crippen LogP contribution in [0.25, 0.3) is 0 Å². The van der Waals surface area contributed by atoms with E-state index in [9.17, 15) is 14.3 Å². The number of amides is 2. The smallest absolute Gasteiger partial charge is 0.315 e. The predicted molar refractivity (Wildman–Crippen MR) is 79.6 cm³/mol. The molecule has 0 fully saturated rings. The highest BCUT2D eigenvalue weighted by atomic mass is 19.1. The van der Waals surface area contributed by atoms with E-state index in [1.54, 1.807) is 35.3 Å². The van der Waals surface area contributed by atoms with E-state index >= 15 is 0 Å². The molecule has 0 aliphatic carbocycles. The van der Waals surface area contributed by atoms with Crippen LogP contribution in [0.4, 0.5) is 9.18 Å². The standard InChI is InChI=1S/C15H19FN4O2/c1-11(10-20-8-4-7-18-20)19-15(22)17-9-14(21)12-5-2-3-6-13(12)16/h2-8,11,14,21H,9-10H2,1H3,(H2,17,19,22). The number of urea groups is 1. The number of aliphatic hydroxyl groups excluding tert-OH is 1. The van der Waals surface area contributed by atoms with Gasteiger partial charge in [0.2, 0.25) is 0 Å². The molecule has 0 bridgehead atoms. The Kier molecular flexibility index (Phi) is 5.48. The molecule has 2 atom stereocenters. The number of hydrogen-bond acceptors (Lipinski definition) is 3. The summed E-state index contributed by atoms with van der Waals surface area (Å²) in [5.41, 5.74) is 0.160. The largest absolute Gasteiger partial charge is 0.386 e. The Morgan fingerprint density at radius 2 is 2.18 bits per heavy atom. The molecule has 1 heterocycles. The molecule has 2 unspecified atom stereocenters. The van der Waals surface area contributed by atoms with Crippen molar-refractivity contribution in [2.24, 2.45) is 0 Å². The van der Waals surface area contributed by atoms with Crippen molar-refractivity contribution in [2.45, 2.75) is 25.6 Å². The maximum atomic E-state index is 13.5. The quantitative estimate of drug-likeness (QED) is 0.755. The van der Waals surface area contributed by atoms with Gasteiger partial charge in [-0.25, -0.2) is 9.18 Å². The van der Waals surface area contributed by atoms with Gasteiger partial charge in [0, 0.05) is 30.5 Å². The number of carbonyl (C=O) groups excluding carboxylic acids is 1. The molecule has 7 heteroatoms. The molecule has 0 saturated carbocycles. The number of hydrogen-bond donors (Lipinski definition) is 3. The number of benzene rings is 1. The highest BCUT2D eigenvalue weighted by molar-refractivity contribution is 5.74. The van der Waals surface area contributed by atoms with Crippen molar-refractivity contribution in [2.75, 3.05) is 6.54 Å². The van der Waals surface area contributed by atoms with Crippen LogP contribution in [0.3, 0.4) is 0 Å². The Labute approximate surface area is 128 Å². The summed E-state index contributed by atoms with van der Waals surface area (Å²) in [6, 6.07) is 7.18. The fourth-order valence-corrected chi connectivity index (χ4v) is 2.05. The lowest BCUT2D eigenvalue weighted by Crippen LogP contribution is -2.43. The van der Waals surface area contributed by atoms with Crippen LogP contribution in [-0.4, -0.2) is 33.5 Å². The van der Waals surface area contributed by atoms with Gasteiger partial charge in [0.25, 0.3) is 0 Å². The minimum absolute atomic E-state index is 0.0682. The topological polar surface area (TPSA) is 79.2 Å². The summed E-state index contributed by atoms with van der Waals surface area (Å²) >= 11 is 0. The van der Waals surface area contributed by atoms with Crippen LogP contribution >= 0.6 is 0 Å². The Balaban J connectivity index is 1.76. The molecule has 3 N–H and O–H groups in total. The molecule has 6 nitrogen and oxygen atoms in total. The highest BCUT2D eigenvalue weighted by Gasteiger charge is 2.14. The fraction of sp³-hybridized carbons (Fsp3) is 0.333. The average molecular weight is 306 g/mol. The van der Waals surface area contributed by atoms with E-state index in [0.29, 0.717) is 6.54 Å². The van der Waals surface area contributed by atoms with Crippen LogP contribution in [0.15, 0.2) is 42.7 Å². The number of rotatable bonds is 6. The van der Waals surface area contributed by atoms with Crippen molar-refractivity contribution in [3.63, 3.8) is 0 Å². The number of halogens is 1. The molecule has 0 spiro atoms. The van der Waals surface area contributed by atoms with Gasteiger partial charge >= 0.3 is 6.03 Å². The van der Waals surface area contributed by atoms with Crippen molar-refractivity contribution in [3.05, 3.63) is 54.1 Å². The molecule has 0 radical (unpaired) electrons. The molecular formula is C15H19FN4O2. The summed E-state index contributed by atoms with van der Waals surface area (Å²) in [7, 11) is 0. The van der Waals surface area contributed by atoms with Crippen molar-refractivity contribution in [1.29, 1.82) is 0 Å². The molecule has 0 aliphatic rings. The van der Waals surface area contributed by atoms with Crippen LogP contribution in [0, 0.1) is 5.82 Å². The minimum Gasteiger partial charge on any atom is -0.386 e. The van der Waals surface area contributed by atoms with E-state index in [1.807, 2.05) is 6.92 Å². The summed E-state index contributed by atoms with van der Waals surface area (Å²) in [5.74, 6) is -0.496. The Bertz CT molecular complexity index is 603. The first-order chi connectivity index (χ1) is 10.6. The lowest BCUT2D eigenvalue weighted by atomic mass is 10.1. The SMILES string of the molecule is CC(Cn1cccn1)NC(=O)NCC(O)c1ccccc1F. The van der Waals surface area contributed by atoms with E-state index in [-0.39, 0.29) is 18.2 Å². The zero-order chi connectivity index (χ0) is 15.9. The van der Waals surface area contributed by atoms with Crippen LogP contribution in [-0.2, 0) is 6.54 Å². The average Bonchev–Trinajstić information content (AvgIpc) is 2.98. The molecule has 22 heavy (non-hydrogen) atoms. The minimum atomic E-state index is -1.09. The summed E-state index contributed by atoms with van der Waals surface area (Å²) in [4.78, 5) is 11.7. The Morgan fingerprint density at radius 3 is 2.86 bits per heavy atom. The summed E-state index contributed by atoms with van der Waals surface area (Å²) in [6.45, 7) is 2.31. The van der Waals surface area contributed by atoms with E-state index in [1.165, 1.54) is 12.1 Å². The lowest BCUT2D eigenvalue weighted by molar-refractivity contribution is 0.168. The van der Waals surface area contributed by atoms with Crippen LogP contribution < -0.4 is 10.6 Å². The Morgan fingerprint density at radius 1 is 1.41 bits per heavy atom. The van der Waals surface area contributed by atoms with Gasteiger partial charge in [0.15, 0.2) is 0 Å². The first-order valence-corrected chi connectivity index (χ1v) is 7.00. The molecule has 0 saturated heterocycles. The van der Waals surface area contributed by atoms with Gasteiger partial charge in [-0.3, -0.25) is 4.68 Å². The molecular weight excluding hydrogens is 287 g/mol. The van der Waals surface area contributed by atoms with Gasteiger partial charge in [-0.1, -0.05) is 18.2 Å². The second kappa shape index (κ2) is 7.56. The molecule has 0 aliphatic heterocycles. The lowest BCUT2D eigenvalue weighted by Gasteiger charge is -2.17. The van der Waals surface area contributed by atoms with Crippen molar-refractivity contribution >= 4 is 6.03 Å². The van der Waals surface area contributed by atoms with Crippen LogP contribution in [0.1, 0.15) is 18.6 Å². The van der Waals surface area contributed by atoms with Crippen LogP contribution in [0.2, 0.25) is 0 Å². The van der Waals surface area contributed by atoms with Gasteiger partial charge in [-0.2, -0.15) is 5.10 Å². The highest BCUT2D eigenvalue weighted by Crippen LogP contribution is 2.15. The van der Waals surface area contributed by atoms with E-state index in [4.69, 9.17) is 0 Å². The zero-order valence-corrected chi connectivity index (χ0v) is 12.2. The number of nitrogens with one attached hydrogen (secondary N) is 2. The van der Waals surface area contributed by atoms with Gasteiger partial charge in [0.1, 0.15) is 5.82 Å². The summed E-state index contributed by atoms with van der Waals surface area (Å²) in [6.07, 6.45) is 2.38. The third-order valence-corrected chi connectivity index (χ3v) is 3.12. The number of aromatic nitrogens is 2. The first-order valence-electron chi connectivity index (χ1n) is 7.00. The van der Waals surface area contributed by atoms with Gasteiger partial charge in [-0.15, -0.1) is 0 Å². The number of carbonyl (C=O) groups is 1. The molecule has 2 aromatic rings. The summed E-state index contributed by atoms with van der Waals surface area (Å²) < 4.78 is 15.2. The van der Waals surface area contributed by atoms with Crippen molar-refractivity contribution in [3.8, 4) is 0 Å². The normalized spacial score (nSPS) is 13.4. The van der Waals surface area contributed by atoms with E-state index < -0.39 is 18.0 Å². The number of aliphatic hydroxyl groups is 1. The third kappa shape index (κ3) is 4.56. The Hall–Kier alpha value is -2.41. The fourth-order valence-electron chi connectivity index (χ4n) is 2.05. The van der Waals surface area contributed by atoms with Gasteiger partial charge in [-0.05, 0) is 19.1 Å². The monoisotopic (exact) mass is 306 g/mol. The molecule has 1 aromatic heterocycles. The molecule has 1 aromatic carbocycles. The van der Waals surface area contributed by atoms with Crippen molar-refractivity contribution in [1.82, 2.24) is 20.4 Å². The van der Waals surface area contributed by atoms with Crippen LogP contribution in [0.5, 0.6) is 0 Å². The van der Waals surface area contributed by atoms with E-state index in [0.717, 1.165) is 0 Å². The first kappa shape index (κ1) is 16.0. The predicted octanol–water partition coefficient (Wildman–Crippen LogP) is 1.44. The third-order valence-electron chi connectivity index (χ3n) is 3.12. The molecule has 2 amide bonds. The maximum Gasteiger partial charge on any atom is 0.315 e.